The zero-order valence-corrected chi connectivity index (χ0v) is 13.1. The highest BCUT2D eigenvalue weighted by molar-refractivity contribution is 5.79. The molecule has 0 saturated carbocycles. The number of carbonyl (C=O) groups is 1. The fourth-order valence-corrected chi connectivity index (χ4v) is 2.67. The van der Waals surface area contributed by atoms with E-state index in [0.717, 1.165) is 17.7 Å². The highest BCUT2D eigenvalue weighted by Gasteiger charge is 2.33. The highest BCUT2D eigenvalue weighted by atomic mass is 16.5. The van der Waals surface area contributed by atoms with Crippen LogP contribution in [0.5, 0.6) is 11.5 Å². The van der Waals surface area contributed by atoms with Crippen LogP contribution in [-0.4, -0.2) is 24.7 Å². The Morgan fingerprint density at radius 1 is 1.57 bits per heavy atom. The Morgan fingerprint density at radius 3 is 2.86 bits per heavy atom. The third-order valence-electron chi connectivity index (χ3n) is 3.76. The monoisotopic (exact) mass is 292 g/mol. The predicted octanol–water partition coefficient (Wildman–Crippen LogP) is 2.15. The lowest BCUT2D eigenvalue weighted by Gasteiger charge is -2.37. The molecule has 5 nitrogen and oxygen atoms in total. The van der Waals surface area contributed by atoms with E-state index in [-0.39, 0.29) is 11.6 Å². The van der Waals surface area contributed by atoms with Crippen LogP contribution in [0.25, 0.3) is 0 Å². The van der Waals surface area contributed by atoms with Gasteiger partial charge in [0.15, 0.2) is 6.10 Å². The molecule has 0 radical (unpaired) electrons. The van der Waals surface area contributed by atoms with Crippen molar-refractivity contribution in [3.8, 4) is 11.5 Å². The van der Waals surface area contributed by atoms with Crippen molar-refractivity contribution < 1.29 is 14.3 Å². The van der Waals surface area contributed by atoms with E-state index < -0.39 is 12.0 Å². The van der Waals surface area contributed by atoms with E-state index in [1.807, 2.05) is 32.2 Å². The predicted molar refractivity (Wildman–Crippen MR) is 81.5 cm³/mol. The van der Waals surface area contributed by atoms with Crippen LogP contribution in [0.4, 0.5) is 0 Å². The average molecular weight is 292 g/mol. The van der Waals surface area contributed by atoms with Gasteiger partial charge in [-0.05, 0) is 33.4 Å². The van der Waals surface area contributed by atoms with E-state index in [0.29, 0.717) is 12.2 Å². The lowest BCUT2D eigenvalue weighted by molar-refractivity contribution is -0.124. The lowest BCUT2D eigenvalue weighted by atomic mass is 9.90. The fraction of sp³-hybridized carbons (Fsp3) is 0.562. The zero-order chi connectivity index (χ0) is 15.6. The van der Waals surface area contributed by atoms with Gasteiger partial charge in [-0.1, -0.05) is 13.0 Å². The summed E-state index contributed by atoms with van der Waals surface area (Å²) in [6.07, 6.45) is 0.827. The molecule has 21 heavy (non-hydrogen) atoms. The summed E-state index contributed by atoms with van der Waals surface area (Å²) in [6, 6.07) is 5.92. The molecule has 1 heterocycles. The van der Waals surface area contributed by atoms with Crippen molar-refractivity contribution in [2.24, 2.45) is 5.73 Å². The van der Waals surface area contributed by atoms with Crippen molar-refractivity contribution in [1.29, 1.82) is 0 Å². The number of carbonyl (C=O) groups excluding carboxylic acids is 1. The van der Waals surface area contributed by atoms with Crippen molar-refractivity contribution in [3.05, 3.63) is 23.8 Å². The Kier molecular flexibility index (Phi) is 4.42. The SMILES string of the molecule is CCC(Oc1ccc2c(c1)OC(C)(C)CC2NC)C(N)=O. The summed E-state index contributed by atoms with van der Waals surface area (Å²) in [5.74, 6) is 0.943. The van der Waals surface area contributed by atoms with Crippen molar-refractivity contribution in [3.63, 3.8) is 0 Å². The Balaban J connectivity index is 2.28. The molecule has 1 aromatic rings. The second-order valence-corrected chi connectivity index (χ2v) is 6.02. The van der Waals surface area contributed by atoms with E-state index in [4.69, 9.17) is 15.2 Å². The third kappa shape index (κ3) is 3.47. The van der Waals surface area contributed by atoms with Crippen LogP contribution in [0, 0.1) is 0 Å². The number of ether oxygens (including phenoxy) is 2. The Bertz CT molecular complexity index is 528. The smallest absolute Gasteiger partial charge is 0.258 e. The molecule has 2 rings (SSSR count). The molecule has 0 fully saturated rings. The number of rotatable bonds is 5. The van der Waals surface area contributed by atoms with Gasteiger partial charge < -0.3 is 20.5 Å². The number of amides is 1. The number of fused-ring (bicyclic) bond motifs is 1. The number of hydrogen-bond donors (Lipinski definition) is 2. The molecule has 1 aliphatic rings. The molecule has 5 heteroatoms. The normalized spacial score (nSPS) is 21.0. The number of nitrogens with two attached hydrogens (primary N) is 1. The molecule has 2 unspecified atom stereocenters. The average Bonchev–Trinajstić information content (AvgIpc) is 2.42. The van der Waals surface area contributed by atoms with Crippen molar-refractivity contribution in [2.45, 2.75) is 51.4 Å². The van der Waals surface area contributed by atoms with Crippen molar-refractivity contribution in [1.82, 2.24) is 5.32 Å². The molecule has 2 atom stereocenters. The van der Waals surface area contributed by atoms with Gasteiger partial charge in [-0.25, -0.2) is 0 Å². The van der Waals surface area contributed by atoms with Gasteiger partial charge in [0.05, 0.1) is 0 Å². The molecule has 1 aromatic carbocycles. The first kappa shape index (κ1) is 15.6. The summed E-state index contributed by atoms with van der Waals surface area (Å²) < 4.78 is 11.7. The summed E-state index contributed by atoms with van der Waals surface area (Å²) in [7, 11) is 1.94. The van der Waals surface area contributed by atoms with Gasteiger partial charge >= 0.3 is 0 Å². The highest BCUT2D eigenvalue weighted by Crippen LogP contribution is 2.41. The number of benzene rings is 1. The third-order valence-corrected chi connectivity index (χ3v) is 3.76. The van der Waals surface area contributed by atoms with Crippen molar-refractivity contribution in [2.75, 3.05) is 7.05 Å². The van der Waals surface area contributed by atoms with Gasteiger partial charge in [-0.15, -0.1) is 0 Å². The number of nitrogens with one attached hydrogen (secondary N) is 1. The summed E-state index contributed by atoms with van der Waals surface area (Å²) in [4.78, 5) is 11.3. The van der Waals surface area contributed by atoms with Crippen LogP contribution in [0.3, 0.4) is 0 Å². The second-order valence-electron chi connectivity index (χ2n) is 6.02. The summed E-state index contributed by atoms with van der Waals surface area (Å²) in [6.45, 7) is 5.99. The molecule has 1 amide bonds. The maximum atomic E-state index is 11.3. The first-order valence-corrected chi connectivity index (χ1v) is 7.32. The zero-order valence-electron chi connectivity index (χ0n) is 13.1. The number of hydrogen-bond acceptors (Lipinski definition) is 4. The van der Waals surface area contributed by atoms with Crippen LogP contribution < -0.4 is 20.5 Å². The van der Waals surface area contributed by atoms with Gasteiger partial charge in [0, 0.05) is 24.1 Å². The second kappa shape index (κ2) is 5.93. The van der Waals surface area contributed by atoms with Crippen molar-refractivity contribution >= 4 is 5.91 Å². The van der Waals surface area contributed by atoms with E-state index >= 15 is 0 Å². The molecule has 116 valence electrons. The fourth-order valence-electron chi connectivity index (χ4n) is 2.67. The largest absolute Gasteiger partial charge is 0.487 e. The maximum absolute atomic E-state index is 11.3. The quantitative estimate of drug-likeness (QED) is 0.872. The molecule has 0 bridgehead atoms. The van der Waals surface area contributed by atoms with Gasteiger partial charge in [-0.3, -0.25) is 4.79 Å². The minimum atomic E-state index is -0.611. The van der Waals surface area contributed by atoms with E-state index in [9.17, 15) is 4.79 Å². The molecule has 0 aromatic heterocycles. The van der Waals surface area contributed by atoms with Gasteiger partial charge in [0.1, 0.15) is 17.1 Å². The lowest BCUT2D eigenvalue weighted by Crippen LogP contribution is -2.38. The maximum Gasteiger partial charge on any atom is 0.258 e. The molecule has 1 aliphatic heterocycles. The molecule has 0 aliphatic carbocycles. The van der Waals surface area contributed by atoms with Crippen LogP contribution in [0.1, 0.15) is 45.2 Å². The first-order valence-electron chi connectivity index (χ1n) is 7.32. The van der Waals surface area contributed by atoms with Crippen LogP contribution >= 0.6 is 0 Å². The molecule has 0 saturated heterocycles. The summed E-state index contributed by atoms with van der Waals surface area (Å²) in [5, 5.41) is 3.31. The molecule has 3 N–H and O–H groups in total. The Morgan fingerprint density at radius 2 is 2.29 bits per heavy atom. The topological polar surface area (TPSA) is 73.6 Å². The van der Waals surface area contributed by atoms with Gasteiger partial charge in [0.25, 0.3) is 5.91 Å². The Labute approximate surface area is 125 Å². The molecule has 0 spiro atoms. The summed E-state index contributed by atoms with van der Waals surface area (Å²) in [5.41, 5.74) is 6.18. The van der Waals surface area contributed by atoms with E-state index in [2.05, 4.69) is 19.2 Å². The minimum absolute atomic E-state index is 0.243. The summed E-state index contributed by atoms with van der Waals surface area (Å²) >= 11 is 0. The number of primary amides is 1. The van der Waals surface area contributed by atoms with E-state index in [1.165, 1.54) is 0 Å². The van der Waals surface area contributed by atoms with Crippen LogP contribution in [0.2, 0.25) is 0 Å². The van der Waals surface area contributed by atoms with Crippen LogP contribution in [0.15, 0.2) is 18.2 Å². The minimum Gasteiger partial charge on any atom is -0.487 e. The van der Waals surface area contributed by atoms with Crippen LogP contribution in [-0.2, 0) is 4.79 Å². The first-order chi connectivity index (χ1) is 9.86. The standard InChI is InChI=1S/C16H24N2O3/c1-5-13(15(17)19)20-10-6-7-11-12(18-4)9-16(2,3)21-14(11)8-10/h6-8,12-13,18H,5,9H2,1-4H3,(H2,17,19). The van der Waals surface area contributed by atoms with E-state index in [1.54, 1.807) is 0 Å². The van der Waals surface area contributed by atoms with Gasteiger partial charge in [-0.2, -0.15) is 0 Å². The molecular formula is C16H24N2O3. The Hall–Kier alpha value is -1.75. The van der Waals surface area contributed by atoms with Gasteiger partial charge in [0.2, 0.25) is 0 Å². The molecular weight excluding hydrogens is 268 g/mol.